The Morgan fingerprint density at radius 2 is 2.00 bits per heavy atom. The average molecular weight is 299 g/mol. The minimum Gasteiger partial charge on any atom is -0.496 e. The molecule has 0 unspecified atom stereocenters. The second kappa shape index (κ2) is 7.45. The maximum Gasteiger partial charge on any atom is 0.224 e. The van der Waals surface area contributed by atoms with Crippen molar-refractivity contribution in [3.05, 3.63) is 48.2 Å². The van der Waals surface area contributed by atoms with Gasteiger partial charge >= 0.3 is 0 Å². The lowest BCUT2D eigenvalue weighted by Crippen LogP contribution is -2.14. The molecule has 2 aromatic rings. The predicted octanol–water partition coefficient (Wildman–Crippen LogP) is 2.73. The van der Waals surface area contributed by atoms with Gasteiger partial charge in [0.2, 0.25) is 5.91 Å². The molecule has 22 heavy (non-hydrogen) atoms. The summed E-state index contributed by atoms with van der Waals surface area (Å²) in [5.41, 5.74) is 1.73. The zero-order valence-electron chi connectivity index (χ0n) is 13.2. The molecule has 1 heterocycles. The highest BCUT2D eigenvalue weighted by Crippen LogP contribution is 2.19. The number of hydrogen-bond acceptors (Lipinski definition) is 4. The molecule has 1 N–H and O–H groups in total. The maximum atomic E-state index is 12.0. The molecule has 0 saturated carbocycles. The Balaban J connectivity index is 1.90. The van der Waals surface area contributed by atoms with Crippen LogP contribution in [-0.4, -0.2) is 32.1 Å². The summed E-state index contributed by atoms with van der Waals surface area (Å²) in [5, 5.41) is 2.86. The molecule has 1 aromatic heterocycles. The molecule has 116 valence electrons. The molecule has 0 saturated heterocycles. The number of nitrogens with zero attached hydrogens (tertiary/aromatic N) is 2. The normalized spacial score (nSPS) is 10.1. The summed E-state index contributed by atoms with van der Waals surface area (Å²) in [5.74, 6) is 1.63. The molecule has 1 aromatic carbocycles. The number of pyridine rings is 1. The van der Waals surface area contributed by atoms with Crippen LogP contribution in [0.15, 0.2) is 42.6 Å². The number of carbonyl (C=O) groups is 1. The predicted molar refractivity (Wildman–Crippen MR) is 88.5 cm³/mol. The highest BCUT2D eigenvalue weighted by molar-refractivity contribution is 5.90. The Hall–Kier alpha value is -2.56. The number of amides is 1. The fourth-order valence-electron chi connectivity index (χ4n) is 2.11. The number of carbonyl (C=O) groups excluding carboxylic acids is 1. The molecule has 0 radical (unpaired) electrons. The minimum atomic E-state index is -0.0368. The summed E-state index contributed by atoms with van der Waals surface area (Å²) in [6.45, 7) is 0. The van der Waals surface area contributed by atoms with E-state index in [2.05, 4.69) is 10.3 Å². The van der Waals surface area contributed by atoms with Gasteiger partial charge in [0.1, 0.15) is 11.6 Å². The monoisotopic (exact) mass is 299 g/mol. The quantitative estimate of drug-likeness (QED) is 0.891. The van der Waals surface area contributed by atoms with Crippen molar-refractivity contribution in [2.75, 3.05) is 31.4 Å². The van der Waals surface area contributed by atoms with Crippen LogP contribution in [0.25, 0.3) is 0 Å². The fourth-order valence-corrected chi connectivity index (χ4v) is 2.11. The summed E-state index contributed by atoms with van der Waals surface area (Å²) >= 11 is 0. The van der Waals surface area contributed by atoms with Crippen LogP contribution in [0.1, 0.15) is 12.0 Å². The highest BCUT2D eigenvalue weighted by atomic mass is 16.5. The number of para-hydroxylation sites is 1. The van der Waals surface area contributed by atoms with Gasteiger partial charge in [0.05, 0.1) is 19.0 Å². The molecule has 5 heteroatoms. The summed E-state index contributed by atoms with van der Waals surface area (Å²) in [4.78, 5) is 18.2. The van der Waals surface area contributed by atoms with Gasteiger partial charge in [-0.15, -0.1) is 0 Å². The van der Waals surface area contributed by atoms with E-state index in [1.807, 2.05) is 55.4 Å². The molecule has 0 bridgehead atoms. The third-order valence-electron chi connectivity index (χ3n) is 3.30. The molecule has 2 rings (SSSR count). The van der Waals surface area contributed by atoms with Crippen molar-refractivity contribution in [3.8, 4) is 5.75 Å². The zero-order chi connectivity index (χ0) is 15.9. The van der Waals surface area contributed by atoms with Crippen LogP contribution in [0.5, 0.6) is 5.75 Å². The number of anilines is 2. The number of ether oxygens (including phenoxy) is 1. The molecular formula is C17H21N3O2. The maximum absolute atomic E-state index is 12.0. The minimum absolute atomic E-state index is 0.0368. The van der Waals surface area contributed by atoms with Crippen molar-refractivity contribution in [2.45, 2.75) is 12.8 Å². The summed E-state index contributed by atoms with van der Waals surface area (Å²) < 4.78 is 5.29. The molecule has 1 amide bonds. The second-order valence-corrected chi connectivity index (χ2v) is 5.16. The van der Waals surface area contributed by atoms with Crippen LogP contribution in [0.2, 0.25) is 0 Å². The van der Waals surface area contributed by atoms with Gasteiger partial charge in [0, 0.05) is 20.5 Å². The summed E-state index contributed by atoms with van der Waals surface area (Å²) in [6, 6.07) is 11.5. The number of aryl methyl sites for hydroxylation is 1. The Kier molecular flexibility index (Phi) is 5.36. The van der Waals surface area contributed by atoms with Gasteiger partial charge in [-0.2, -0.15) is 0 Å². The lowest BCUT2D eigenvalue weighted by atomic mass is 10.1. The van der Waals surface area contributed by atoms with E-state index in [0.29, 0.717) is 18.5 Å². The number of nitrogens with one attached hydrogen (secondary N) is 1. The Morgan fingerprint density at radius 1 is 1.23 bits per heavy atom. The van der Waals surface area contributed by atoms with Crippen molar-refractivity contribution in [3.63, 3.8) is 0 Å². The zero-order valence-corrected chi connectivity index (χ0v) is 13.2. The Labute approximate surface area is 130 Å². The van der Waals surface area contributed by atoms with E-state index in [1.165, 1.54) is 0 Å². The smallest absolute Gasteiger partial charge is 0.224 e. The van der Waals surface area contributed by atoms with Gasteiger partial charge in [0.15, 0.2) is 0 Å². The topological polar surface area (TPSA) is 54.5 Å². The van der Waals surface area contributed by atoms with E-state index >= 15 is 0 Å². The lowest BCUT2D eigenvalue weighted by molar-refractivity contribution is -0.116. The van der Waals surface area contributed by atoms with Gasteiger partial charge in [-0.05, 0) is 30.2 Å². The number of benzene rings is 1. The molecular weight excluding hydrogens is 278 g/mol. The first-order valence-electron chi connectivity index (χ1n) is 7.15. The number of hydrogen-bond donors (Lipinski definition) is 1. The van der Waals surface area contributed by atoms with Crippen molar-refractivity contribution < 1.29 is 9.53 Å². The SMILES string of the molecule is COc1ccccc1CCC(=O)Nc1ccc(N(C)C)nc1. The summed E-state index contributed by atoms with van der Waals surface area (Å²) in [6.07, 6.45) is 2.70. The van der Waals surface area contributed by atoms with Crippen molar-refractivity contribution >= 4 is 17.4 Å². The van der Waals surface area contributed by atoms with Crippen LogP contribution in [0.4, 0.5) is 11.5 Å². The van der Waals surface area contributed by atoms with Crippen LogP contribution in [0.3, 0.4) is 0 Å². The molecule has 0 aliphatic heterocycles. The van der Waals surface area contributed by atoms with Gasteiger partial charge in [-0.25, -0.2) is 4.98 Å². The van der Waals surface area contributed by atoms with E-state index in [-0.39, 0.29) is 5.91 Å². The molecule has 0 aliphatic rings. The van der Waals surface area contributed by atoms with Gasteiger partial charge in [-0.1, -0.05) is 18.2 Å². The highest BCUT2D eigenvalue weighted by Gasteiger charge is 2.07. The number of methoxy groups -OCH3 is 1. The van der Waals surface area contributed by atoms with Crippen LogP contribution >= 0.6 is 0 Å². The van der Waals surface area contributed by atoms with Crippen molar-refractivity contribution in [1.82, 2.24) is 4.98 Å². The number of aromatic nitrogens is 1. The van der Waals surface area contributed by atoms with Gasteiger partial charge in [0.25, 0.3) is 0 Å². The van der Waals surface area contributed by atoms with Crippen molar-refractivity contribution in [1.29, 1.82) is 0 Å². The van der Waals surface area contributed by atoms with E-state index < -0.39 is 0 Å². The molecule has 0 aliphatic carbocycles. The van der Waals surface area contributed by atoms with Gasteiger partial charge in [-0.3, -0.25) is 4.79 Å². The molecule has 0 atom stereocenters. The van der Waals surface area contributed by atoms with E-state index in [1.54, 1.807) is 13.3 Å². The lowest BCUT2D eigenvalue weighted by Gasteiger charge is -2.12. The summed E-state index contributed by atoms with van der Waals surface area (Å²) in [7, 11) is 5.48. The van der Waals surface area contributed by atoms with Crippen LogP contribution in [0, 0.1) is 0 Å². The Bertz CT molecular complexity index is 624. The van der Waals surface area contributed by atoms with E-state index in [9.17, 15) is 4.79 Å². The standard InChI is InChI=1S/C17H21N3O2/c1-20(2)16-10-9-14(12-18-16)19-17(21)11-8-13-6-4-5-7-15(13)22-3/h4-7,9-10,12H,8,11H2,1-3H3,(H,19,21). The van der Waals surface area contributed by atoms with Crippen molar-refractivity contribution in [2.24, 2.45) is 0 Å². The third-order valence-corrected chi connectivity index (χ3v) is 3.30. The first-order valence-corrected chi connectivity index (χ1v) is 7.15. The van der Waals surface area contributed by atoms with E-state index in [0.717, 1.165) is 17.1 Å². The molecule has 0 fully saturated rings. The molecule has 5 nitrogen and oxygen atoms in total. The van der Waals surface area contributed by atoms with Crippen LogP contribution < -0.4 is 15.0 Å². The van der Waals surface area contributed by atoms with Crippen LogP contribution in [-0.2, 0) is 11.2 Å². The van der Waals surface area contributed by atoms with Gasteiger partial charge < -0.3 is 15.0 Å². The fraction of sp³-hybridized carbons (Fsp3) is 0.294. The average Bonchev–Trinajstić information content (AvgIpc) is 2.53. The first kappa shape index (κ1) is 15.8. The first-order chi connectivity index (χ1) is 10.6. The largest absolute Gasteiger partial charge is 0.496 e. The third kappa shape index (κ3) is 4.22. The Morgan fingerprint density at radius 3 is 2.64 bits per heavy atom. The van der Waals surface area contributed by atoms with E-state index in [4.69, 9.17) is 4.74 Å². The second-order valence-electron chi connectivity index (χ2n) is 5.16. The molecule has 0 spiro atoms. The number of rotatable bonds is 6.